The summed E-state index contributed by atoms with van der Waals surface area (Å²) in [5.74, 6) is -2.00. The molecule has 0 aliphatic heterocycles. The standard InChI is InChI=1S/C12H13F3O5/c1-18-7-4-5-8(9(6-7)19-2)11(17,10(16)20-3)12(13,14)15/h4-6,17H,1-3H3. The lowest BCUT2D eigenvalue weighted by Gasteiger charge is -2.29. The molecule has 0 radical (unpaired) electrons. The molecular weight excluding hydrogens is 281 g/mol. The second kappa shape index (κ2) is 5.58. The van der Waals surface area contributed by atoms with Gasteiger partial charge in [0.2, 0.25) is 0 Å². The number of methoxy groups -OCH3 is 3. The molecule has 0 aliphatic carbocycles. The van der Waals surface area contributed by atoms with Gasteiger partial charge in [0.25, 0.3) is 5.60 Å². The normalized spacial score (nSPS) is 14.3. The third-order valence-corrected chi connectivity index (χ3v) is 2.69. The van der Waals surface area contributed by atoms with Gasteiger partial charge in [-0.25, -0.2) is 4.79 Å². The van der Waals surface area contributed by atoms with E-state index in [1.807, 2.05) is 0 Å². The van der Waals surface area contributed by atoms with Crippen molar-refractivity contribution < 1.29 is 37.3 Å². The third-order valence-electron chi connectivity index (χ3n) is 2.69. The molecule has 0 aromatic heterocycles. The first-order chi connectivity index (χ1) is 9.22. The summed E-state index contributed by atoms with van der Waals surface area (Å²) < 4.78 is 52.9. The molecule has 0 saturated carbocycles. The van der Waals surface area contributed by atoms with Crippen LogP contribution in [-0.2, 0) is 15.1 Å². The van der Waals surface area contributed by atoms with Crippen molar-refractivity contribution in [3.05, 3.63) is 23.8 Å². The first-order valence-electron chi connectivity index (χ1n) is 5.32. The Morgan fingerprint density at radius 2 is 1.75 bits per heavy atom. The molecule has 0 fully saturated rings. The van der Waals surface area contributed by atoms with Crippen LogP contribution in [0.15, 0.2) is 18.2 Å². The van der Waals surface area contributed by atoms with Gasteiger partial charge in [0, 0.05) is 11.6 Å². The molecule has 1 rings (SSSR count). The van der Waals surface area contributed by atoms with E-state index >= 15 is 0 Å². The number of alkyl halides is 3. The zero-order valence-corrected chi connectivity index (χ0v) is 10.9. The molecular formula is C12H13F3O5. The highest BCUT2D eigenvalue weighted by atomic mass is 19.4. The first-order valence-corrected chi connectivity index (χ1v) is 5.32. The number of carbonyl (C=O) groups excluding carboxylic acids is 1. The largest absolute Gasteiger partial charge is 0.497 e. The summed E-state index contributed by atoms with van der Waals surface area (Å²) in [6.45, 7) is 0. The number of carbonyl (C=O) groups is 1. The summed E-state index contributed by atoms with van der Waals surface area (Å²) in [5.41, 5.74) is -4.60. The molecule has 0 heterocycles. The molecule has 1 unspecified atom stereocenters. The molecule has 0 amide bonds. The maximum absolute atomic E-state index is 13.1. The zero-order valence-electron chi connectivity index (χ0n) is 10.9. The lowest BCUT2D eigenvalue weighted by atomic mass is 9.92. The van der Waals surface area contributed by atoms with Crippen LogP contribution < -0.4 is 9.47 Å². The fourth-order valence-corrected chi connectivity index (χ4v) is 1.62. The van der Waals surface area contributed by atoms with Gasteiger partial charge in [0.15, 0.2) is 0 Å². The maximum atomic E-state index is 13.1. The summed E-state index contributed by atoms with van der Waals surface area (Å²) in [6, 6.07) is 3.18. The van der Waals surface area contributed by atoms with Crippen LogP contribution in [0, 0.1) is 0 Å². The number of halogens is 3. The number of esters is 1. The predicted molar refractivity (Wildman–Crippen MR) is 61.5 cm³/mol. The molecule has 112 valence electrons. The Kier molecular flexibility index (Phi) is 4.49. The van der Waals surface area contributed by atoms with Crippen LogP contribution in [0.3, 0.4) is 0 Å². The highest BCUT2D eigenvalue weighted by molar-refractivity contribution is 5.83. The molecule has 0 spiro atoms. The SMILES string of the molecule is COC(=O)C(O)(c1ccc(OC)cc1OC)C(F)(F)F. The molecule has 20 heavy (non-hydrogen) atoms. The van der Waals surface area contributed by atoms with Crippen LogP contribution in [0.4, 0.5) is 13.2 Å². The van der Waals surface area contributed by atoms with Crippen molar-refractivity contribution in [1.82, 2.24) is 0 Å². The number of rotatable bonds is 4. The van der Waals surface area contributed by atoms with E-state index in [-0.39, 0.29) is 11.5 Å². The number of hydrogen-bond acceptors (Lipinski definition) is 5. The minimum atomic E-state index is -5.28. The van der Waals surface area contributed by atoms with Gasteiger partial charge in [-0.3, -0.25) is 0 Å². The summed E-state index contributed by atoms with van der Waals surface area (Å²) in [4.78, 5) is 11.4. The van der Waals surface area contributed by atoms with Gasteiger partial charge in [-0.2, -0.15) is 13.2 Å². The van der Waals surface area contributed by atoms with Crippen molar-refractivity contribution in [3.63, 3.8) is 0 Å². The molecule has 1 aromatic carbocycles. The van der Waals surface area contributed by atoms with E-state index in [1.165, 1.54) is 7.11 Å². The molecule has 0 saturated heterocycles. The van der Waals surface area contributed by atoms with Crippen LogP contribution in [0.25, 0.3) is 0 Å². The average molecular weight is 294 g/mol. The average Bonchev–Trinajstić information content (AvgIpc) is 2.43. The minimum absolute atomic E-state index is 0.208. The molecule has 1 aromatic rings. The van der Waals surface area contributed by atoms with E-state index in [0.29, 0.717) is 0 Å². The lowest BCUT2D eigenvalue weighted by molar-refractivity contribution is -0.267. The summed E-state index contributed by atoms with van der Waals surface area (Å²) in [5, 5.41) is 9.84. The van der Waals surface area contributed by atoms with E-state index in [4.69, 9.17) is 9.47 Å². The molecule has 1 N–H and O–H groups in total. The van der Waals surface area contributed by atoms with Gasteiger partial charge >= 0.3 is 12.1 Å². The maximum Gasteiger partial charge on any atom is 0.432 e. The quantitative estimate of drug-likeness (QED) is 0.855. The Morgan fingerprint density at radius 3 is 2.15 bits per heavy atom. The van der Waals surface area contributed by atoms with E-state index in [2.05, 4.69) is 4.74 Å². The van der Waals surface area contributed by atoms with Crippen LogP contribution in [0.2, 0.25) is 0 Å². The molecule has 0 bridgehead atoms. The van der Waals surface area contributed by atoms with Gasteiger partial charge in [0.1, 0.15) is 11.5 Å². The van der Waals surface area contributed by atoms with Gasteiger partial charge in [-0.15, -0.1) is 0 Å². The topological polar surface area (TPSA) is 65.0 Å². The number of benzene rings is 1. The molecule has 0 aliphatic rings. The van der Waals surface area contributed by atoms with Crippen LogP contribution >= 0.6 is 0 Å². The van der Waals surface area contributed by atoms with E-state index < -0.39 is 23.3 Å². The van der Waals surface area contributed by atoms with Crippen molar-refractivity contribution >= 4 is 5.97 Å². The van der Waals surface area contributed by atoms with Crippen LogP contribution in [0.1, 0.15) is 5.56 Å². The summed E-state index contributed by atoms with van der Waals surface area (Å²) in [7, 11) is 3.16. The van der Waals surface area contributed by atoms with Crippen LogP contribution in [0.5, 0.6) is 11.5 Å². The van der Waals surface area contributed by atoms with Gasteiger partial charge in [-0.05, 0) is 12.1 Å². The second-order valence-corrected chi connectivity index (χ2v) is 3.77. The monoisotopic (exact) mass is 294 g/mol. The van der Waals surface area contributed by atoms with Crippen molar-refractivity contribution in [1.29, 1.82) is 0 Å². The van der Waals surface area contributed by atoms with Crippen molar-refractivity contribution in [2.45, 2.75) is 11.8 Å². The van der Waals surface area contributed by atoms with Gasteiger partial charge in [0.05, 0.1) is 21.3 Å². The Bertz CT molecular complexity index is 500. The Labute approximate surface area is 112 Å². The smallest absolute Gasteiger partial charge is 0.432 e. The third kappa shape index (κ3) is 2.51. The zero-order chi connectivity index (χ0) is 15.6. The predicted octanol–water partition coefficient (Wildman–Crippen LogP) is 1.63. The highest BCUT2D eigenvalue weighted by Gasteiger charge is 2.63. The lowest BCUT2D eigenvalue weighted by Crippen LogP contribution is -2.50. The fraction of sp³-hybridized carbons (Fsp3) is 0.417. The molecule has 5 nitrogen and oxygen atoms in total. The molecule has 8 heteroatoms. The summed E-state index contributed by atoms with van der Waals surface area (Å²) in [6.07, 6.45) is -5.28. The van der Waals surface area contributed by atoms with Crippen LogP contribution in [-0.4, -0.2) is 38.6 Å². The fourth-order valence-electron chi connectivity index (χ4n) is 1.62. The Hall–Kier alpha value is -1.96. The first kappa shape index (κ1) is 16.1. The number of ether oxygens (including phenoxy) is 3. The Morgan fingerprint density at radius 1 is 1.15 bits per heavy atom. The van der Waals surface area contributed by atoms with E-state index in [0.717, 1.165) is 32.4 Å². The second-order valence-electron chi connectivity index (χ2n) is 3.77. The highest BCUT2D eigenvalue weighted by Crippen LogP contribution is 2.44. The van der Waals surface area contributed by atoms with Crippen molar-refractivity contribution in [3.8, 4) is 11.5 Å². The van der Waals surface area contributed by atoms with E-state index in [1.54, 1.807) is 0 Å². The Balaban J connectivity index is 3.54. The van der Waals surface area contributed by atoms with Gasteiger partial charge < -0.3 is 19.3 Å². The summed E-state index contributed by atoms with van der Waals surface area (Å²) >= 11 is 0. The van der Waals surface area contributed by atoms with Crippen molar-refractivity contribution in [2.24, 2.45) is 0 Å². The molecule has 1 atom stereocenters. The van der Waals surface area contributed by atoms with Crippen molar-refractivity contribution in [2.75, 3.05) is 21.3 Å². The van der Waals surface area contributed by atoms with E-state index in [9.17, 15) is 23.1 Å². The van der Waals surface area contributed by atoms with Gasteiger partial charge in [-0.1, -0.05) is 0 Å². The minimum Gasteiger partial charge on any atom is -0.497 e. The number of aliphatic hydroxyl groups is 1. The number of hydrogen-bond donors (Lipinski definition) is 1.